The van der Waals surface area contributed by atoms with Crippen LogP contribution >= 0.6 is 0 Å². The number of aromatic carboxylic acids is 2. The second-order valence-corrected chi connectivity index (χ2v) is 3.54. The van der Waals surface area contributed by atoms with Crippen molar-refractivity contribution in [1.82, 2.24) is 0 Å². The lowest BCUT2D eigenvalue weighted by atomic mass is 9.98. The summed E-state index contributed by atoms with van der Waals surface area (Å²) in [6, 6.07) is 8.00. The SMILES string of the molecule is Nc1c(C(=O)O)cc2ccccc2c1C(=O)O. The lowest BCUT2D eigenvalue weighted by molar-refractivity contribution is 0.0696. The minimum atomic E-state index is -1.24. The summed E-state index contributed by atoms with van der Waals surface area (Å²) in [5, 5.41) is 19.0. The molecule has 0 heterocycles. The lowest BCUT2D eigenvalue weighted by Gasteiger charge is -2.09. The van der Waals surface area contributed by atoms with Crippen LogP contribution in [0.3, 0.4) is 0 Å². The molecule has 0 aliphatic carbocycles. The zero-order chi connectivity index (χ0) is 12.6. The predicted octanol–water partition coefficient (Wildman–Crippen LogP) is 1.82. The van der Waals surface area contributed by atoms with E-state index < -0.39 is 11.9 Å². The number of nitrogen functional groups attached to an aromatic ring is 1. The second kappa shape index (κ2) is 3.79. The molecule has 0 atom stereocenters. The van der Waals surface area contributed by atoms with Crippen molar-refractivity contribution < 1.29 is 19.8 Å². The van der Waals surface area contributed by atoms with Gasteiger partial charge in [0, 0.05) is 0 Å². The number of carbonyl (C=O) groups is 2. The Balaban J connectivity index is 2.95. The van der Waals surface area contributed by atoms with Crippen LogP contribution in [0.25, 0.3) is 10.8 Å². The number of hydrogen-bond acceptors (Lipinski definition) is 3. The Hall–Kier alpha value is -2.56. The van der Waals surface area contributed by atoms with Crippen LogP contribution in [-0.2, 0) is 0 Å². The van der Waals surface area contributed by atoms with Gasteiger partial charge in [-0.3, -0.25) is 0 Å². The Morgan fingerprint density at radius 2 is 1.71 bits per heavy atom. The maximum absolute atomic E-state index is 11.1. The number of hydrogen-bond donors (Lipinski definition) is 3. The number of nitrogens with two attached hydrogens (primary N) is 1. The van der Waals surface area contributed by atoms with Crippen LogP contribution in [0.5, 0.6) is 0 Å². The second-order valence-electron chi connectivity index (χ2n) is 3.54. The van der Waals surface area contributed by atoms with Gasteiger partial charge in [0.2, 0.25) is 0 Å². The van der Waals surface area contributed by atoms with Crippen LogP contribution in [0, 0.1) is 0 Å². The molecule has 0 saturated heterocycles. The molecule has 0 aliphatic heterocycles. The molecule has 0 fully saturated rings. The number of carboxylic acid groups (broad SMARTS) is 2. The highest BCUT2D eigenvalue weighted by Crippen LogP contribution is 2.28. The van der Waals surface area contributed by atoms with Crippen molar-refractivity contribution in [1.29, 1.82) is 0 Å². The molecule has 0 bridgehead atoms. The Morgan fingerprint density at radius 3 is 2.29 bits per heavy atom. The summed E-state index contributed by atoms with van der Waals surface area (Å²) in [5.41, 5.74) is 5.01. The van der Waals surface area contributed by atoms with E-state index >= 15 is 0 Å². The van der Waals surface area contributed by atoms with E-state index in [9.17, 15) is 9.59 Å². The lowest BCUT2D eigenvalue weighted by Crippen LogP contribution is -2.10. The Bertz CT molecular complexity index is 634. The van der Waals surface area contributed by atoms with Crippen molar-refractivity contribution in [2.75, 3.05) is 5.73 Å². The van der Waals surface area contributed by atoms with Crippen LogP contribution in [0.2, 0.25) is 0 Å². The molecule has 4 N–H and O–H groups in total. The standard InChI is InChI=1S/C12H9NO4/c13-10-8(11(14)15)5-6-3-1-2-4-7(6)9(10)12(16)17/h1-5H,13H2,(H,14,15)(H,16,17). The van der Waals surface area contributed by atoms with Gasteiger partial charge in [0.05, 0.1) is 16.8 Å². The van der Waals surface area contributed by atoms with Crippen molar-refractivity contribution in [2.45, 2.75) is 0 Å². The van der Waals surface area contributed by atoms with Gasteiger partial charge in [-0.1, -0.05) is 24.3 Å². The third kappa shape index (κ3) is 1.67. The summed E-state index contributed by atoms with van der Waals surface area (Å²) in [6.07, 6.45) is 0. The molecule has 2 aromatic rings. The first-order valence-corrected chi connectivity index (χ1v) is 4.80. The normalized spacial score (nSPS) is 10.4. The minimum absolute atomic E-state index is 0.166. The zero-order valence-corrected chi connectivity index (χ0v) is 8.68. The Labute approximate surface area is 96.1 Å². The highest BCUT2D eigenvalue weighted by Gasteiger charge is 2.19. The van der Waals surface area contributed by atoms with E-state index in [1.54, 1.807) is 24.3 Å². The number of rotatable bonds is 2. The smallest absolute Gasteiger partial charge is 0.338 e. The third-order valence-electron chi connectivity index (χ3n) is 2.53. The quantitative estimate of drug-likeness (QED) is 0.684. The molecule has 0 spiro atoms. The van der Waals surface area contributed by atoms with Gasteiger partial charge in [-0.25, -0.2) is 9.59 Å². The fourth-order valence-electron chi connectivity index (χ4n) is 1.77. The zero-order valence-electron chi connectivity index (χ0n) is 8.68. The molecule has 0 aromatic heterocycles. The molecule has 2 rings (SSSR count). The van der Waals surface area contributed by atoms with Gasteiger partial charge in [-0.2, -0.15) is 0 Å². The molecular weight excluding hydrogens is 222 g/mol. The minimum Gasteiger partial charge on any atom is -0.478 e. The molecule has 0 amide bonds. The van der Waals surface area contributed by atoms with Crippen molar-refractivity contribution in [3.8, 4) is 0 Å². The largest absolute Gasteiger partial charge is 0.478 e. The van der Waals surface area contributed by atoms with Crippen LogP contribution in [0.15, 0.2) is 30.3 Å². The summed E-state index contributed by atoms with van der Waals surface area (Å²) in [5.74, 6) is -2.47. The van der Waals surface area contributed by atoms with Crippen LogP contribution < -0.4 is 5.73 Å². The maximum Gasteiger partial charge on any atom is 0.338 e. The van der Waals surface area contributed by atoms with Crippen molar-refractivity contribution in [3.05, 3.63) is 41.5 Å². The van der Waals surface area contributed by atoms with Crippen molar-refractivity contribution >= 4 is 28.4 Å². The average molecular weight is 231 g/mol. The Kier molecular flexibility index (Phi) is 2.44. The number of carboxylic acids is 2. The molecule has 0 radical (unpaired) electrons. The van der Waals surface area contributed by atoms with Gasteiger partial charge in [-0.05, 0) is 16.8 Å². The monoisotopic (exact) mass is 231 g/mol. The van der Waals surface area contributed by atoms with E-state index in [0.717, 1.165) is 0 Å². The summed E-state index contributed by atoms with van der Waals surface area (Å²) in [6.45, 7) is 0. The van der Waals surface area contributed by atoms with E-state index in [1.165, 1.54) is 6.07 Å². The molecule has 17 heavy (non-hydrogen) atoms. The Morgan fingerprint density at radius 1 is 1.06 bits per heavy atom. The van der Waals surface area contributed by atoms with Gasteiger partial charge in [-0.15, -0.1) is 0 Å². The van der Waals surface area contributed by atoms with Gasteiger partial charge < -0.3 is 15.9 Å². The molecule has 0 aliphatic rings. The fraction of sp³-hybridized carbons (Fsp3) is 0. The number of anilines is 1. The number of benzene rings is 2. The van der Waals surface area contributed by atoms with Gasteiger partial charge in [0.1, 0.15) is 0 Å². The molecule has 5 heteroatoms. The predicted molar refractivity (Wildman–Crippen MR) is 62.3 cm³/mol. The number of fused-ring (bicyclic) bond motifs is 1. The molecular formula is C12H9NO4. The first-order valence-electron chi connectivity index (χ1n) is 4.80. The van der Waals surface area contributed by atoms with E-state index in [2.05, 4.69) is 0 Å². The van der Waals surface area contributed by atoms with E-state index in [1.807, 2.05) is 0 Å². The highest BCUT2D eigenvalue weighted by molar-refractivity contribution is 6.13. The summed E-state index contributed by atoms with van der Waals surface area (Å²) in [7, 11) is 0. The van der Waals surface area contributed by atoms with Crippen LogP contribution in [0.1, 0.15) is 20.7 Å². The van der Waals surface area contributed by atoms with Crippen molar-refractivity contribution in [3.63, 3.8) is 0 Å². The summed E-state index contributed by atoms with van der Waals surface area (Å²) < 4.78 is 0. The van der Waals surface area contributed by atoms with Gasteiger partial charge >= 0.3 is 11.9 Å². The van der Waals surface area contributed by atoms with E-state index in [-0.39, 0.29) is 16.8 Å². The van der Waals surface area contributed by atoms with Crippen molar-refractivity contribution in [2.24, 2.45) is 0 Å². The fourth-order valence-corrected chi connectivity index (χ4v) is 1.77. The van der Waals surface area contributed by atoms with E-state index in [0.29, 0.717) is 10.8 Å². The van der Waals surface area contributed by atoms with Crippen LogP contribution in [-0.4, -0.2) is 22.2 Å². The molecule has 0 saturated carbocycles. The average Bonchev–Trinajstić information content (AvgIpc) is 2.27. The topological polar surface area (TPSA) is 101 Å². The van der Waals surface area contributed by atoms with Crippen LogP contribution in [0.4, 0.5) is 5.69 Å². The molecule has 5 nitrogen and oxygen atoms in total. The summed E-state index contributed by atoms with van der Waals surface area (Å²) in [4.78, 5) is 22.1. The van der Waals surface area contributed by atoms with E-state index in [4.69, 9.17) is 15.9 Å². The maximum atomic E-state index is 11.1. The molecule has 86 valence electrons. The third-order valence-corrected chi connectivity index (χ3v) is 2.53. The highest BCUT2D eigenvalue weighted by atomic mass is 16.4. The first kappa shape index (κ1) is 10.9. The van der Waals surface area contributed by atoms with Gasteiger partial charge in [0.15, 0.2) is 0 Å². The molecule has 2 aromatic carbocycles. The van der Waals surface area contributed by atoms with Gasteiger partial charge in [0.25, 0.3) is 0 Å². The molecule has 0 unspecified atom stereocenters. The first-order chi connectivity index (χ1) is 8.02. The summed E-state index contributed by atoms with van der Waals surface area (Å²) >= 11 is 0.